The maximum Gasteiger partial charge on any atom is 0.223 e. The lowest BCUT2D eigenvalue weighted by molar-refractivity contribution is -0.129. The van der Waals surface area contributed by atoms with Gasteiger partial charge in [-0.25, -0.2) is 0 Å². The molecule has 12 heavy (non-hydrogen) atoms. The van der Waals surface area contributed by atoms with Gasteiger partial charge >= 0.3 is 0 Å². The molecule has 2 heteroatoms. The van der Waals surface area contributed by atoms with Crippen LogP contribution in [0.5, 0.6) is 0 Å². The monoisotopic (exact) mass is 167 g/mol. The summed E-state index contributed by atoms with van der Waals surface area (Å²) < 4.78 is 0. The molecule has 1 aliphatic heterocycles. The number of carbonyl (C=O) groups excluding carboxylic acids is 1. The van der Waals surface area contributed by atoms with E-state index in [1.54, 1.807) is 0 Å². The zero-order valence-corrected chi connectivity index (χ0v) is 7.97. The van der Waals surface area contributed by atoms with E-state index in [0.29, 0.717) is 17.4 Å². The maximum absolute atomic E-state index is 11.6. The molecule has 1 saturated heterocycles. The first-order valence-corrected chi connectivity index (χ1v) is 4.92. The van der Waals surface area contributed by atoms with Crippen LogP contribution in [0.3, 0.4) is 0 Å². The predicted octanol–water partition coefficient (Wildman–Crippen LogP) is 1.80. The Hall–Kier alpha value is -0.530. The summed E-state index contributed by atoms with van der Waals surface area (Å²) >= 11 is 0. The van der Waals surface area contributed by atoms with Crippen molar-refractivity contribution in [3.8, 4) is 0 Å². The third-order valence-electron chi connectivity index (χ3n) is 3.39. The predicted molar refractivity (Wildman–Crippen MR) is 47.8 cm³/mol. The highest BCUT2D eigenvalue weighted by Crippen LogP contribution is 2.48. The fourth-order valence-corrected chi connectivity index (χ4v) is 2.41. The second-order valence-electron chi connectivity index (χ2n) is 4.65. The van der Waals surface area contributed by atoms with Crippen molar-refractivity contribution in [3.63, 3.8) is 0 Å². The van der Waals surface area contributed by atoms with Crippen molar-refractivity contribution in [2.45, 2.75) is 45.6 Å². The third-order valence-corrected chi connectivity index (χ3v) is 3.39. The van der Waals surface area contributed by atoms with Gasteiger partial charge < -0.3 is 4.90 Å². The Morgan fingerprint density at radius 3 is 2.33 bits per heavy atom. The minimum absolute atomic E-state index is 0.379. The molecular weight excluding hydrogens is 150 g/mol. The van der Waals surface area contributed by atoms with Gasteiger partial charge in [0.25, 0.3) is 0 Å². The van der Waals surface area contributed by atoms with Crippen molar-refractivity contribution >= 4 is 5.91 Å². The second-order valence-corrected chi connectivity index (χ2v) is 4.65. The summed E-state index contributed by atoms with van der Waals surface area (Å²) in [5.74, 6) is 0.379. The van der Waals surface area contributed by atoms with Crippen molar-refractivity contribution in [2.75, 3.05) is 6.54 Å². The average molecular weight is 167 g/mol. The molecular formula is C10H17NO. The smallest absolute Gasteiger partial charge is 0.223 e. The quantitative estimate of drug-likeness (QED) is 0.583. The number of carbonyl (C=O) groups is 1. The van der Waals surface area contributed by atoms with Crippen molar-refractivity contribution in [1.82, 2.24) is 4.90 Å². The SMILES string of the molecule is CC(C)N1CC2(CCC2)CC1=O. The summed E-state index contributed by atoms with van der Waals surface area (Å²) in [6, 6.07) is 0.400. The van der Waals surface area contributed by atoms with E-state index in [0.717, 1.165) is 13.0 Å². The van der Waals surface area contributed by atoms with Crippen LogP contribution in [0.4, 0.5) is 0 Å². The van der Waals surface area contributed by atoms with Gasteiger partial charge in [-0.05, 0) is 32.1 Å². The molecule has 0 aromatic heterocycles. The van der Waals surface area contributed by atoms with Crippen molar-refractivity contribution in [2.24, 2.45) is 5.41 Å². The van der Waals surface area contributed by atoms with E-state index >= 15 is 0 Å². The first-order chi connectivity index (χ1) is 5.63. The Labute approximate surface area is 73.9 Å². The Bertz CT molecular complexity index is 206. The molecule has 0 N–H and O–H groups in total. The molecule has 0 radical (unpaired) electrons. The highest BCUT2D eigenvalue weighted by molar-refractivity contribution is 5.80. The van der Waals surface area contributed by atoms with Crippen LogP contribution in [0.1, 0.15) is 39.5 Å². The van der Waals surface area contributed by atoms with Crippen molar-refractivity contribution in [1.29, 1.82) is 0 Å². The normalized spacial score (nSPS) is 26.9. The number of rotatable bonds is 1. The van der Waals surface area contributed by atoms with Gasteiger partial charge in [-0.1, -0.05) is 6.42 Å². The molecule has 1 amide bonds. The van der Waals surface area contributed by atoms with Gasteiger partial charge in [-0.3, -0.25) is 4.79 Å². The topological polar surface area (TPSA) is 20.3 Å². The zero-order valence-electron chi connectivity index (χ0n) is 7.97. The van der Waals surface area contributed by atoms with E-state index in [-0.39, 0.29) is 0 Å². The van der Waals surface area contributed by atoms with Gasteiger partial charge in [-0.15, -0.1) is 0 Å². The zero-order chi connectivity index (χ0) is 8.77. The molecule has 0 aromatic rings. The van der Waals surface area contributed by atoms with Crippen LogP contribution in [0.2, 0.25) is 0 Å². The highest BCUT2D eigenvalue weighted by Gasteiger charge is 2.47. The average Bonchev–Trinajstić information content (AvgIpc) is 2.26. The molecule has 1 spiro atoms. The van der Waals surface area contributed by atoms with Gasteiger partial charge in [0.05, 0.1) is 0 Å². The van der Waals surface area contributed by atoms with E-state index in [4.69, 9.17) is 0 Å². The second kappa shape index (κ2) is 2.48. The van der Waals surface area contributed by atoms with Gasteiger partial charge in [0, 0.05) is 19.0 Å². The molecule has 2 aliphatic rings. The van der Waals surface area contributed by atoms with E-state index in [1.807, 2.05) is 4.90 Å². The van der Waals surface area contributed by atoms with Crippen LogP contribution < -0.4 is 0 Å². The summed E-state index contributed by atoms with van der Waals surface area (Å²) in [6.07, 6.45) is 4.72. The Morgan fingerprint density at radius 2 is 2.08 bits per heavy atom. The molecule has 0 unspecified atom stereocenters. The highest BCUT2D eigenvalue weighted by atomic mass is 16.2. The number of likely N-dealkylation sites (tertiary alicyclic amines) is 1. The first kappa shape index (κ1) is 8.09. The number of hydrogen-bond acceptors (Lipinski definition) is 1. The van der Waals surface area contributed by atoms with Gasteiger partial charge in [0.1, 0.15) is 0 Å². The summed E-state index contributed by atoms with van der Waals surface area (Å²) in [6.45, 7) is 5.24. The van der Waals surface area contributed by atoms with Gasteiger partial charge in [0.2, 0.25) is 5.91 Å². The summed E-state index contributed by atoms with van der Waals surface area (Å²) in [5, 5.41) is 0. The number of amides is 1. The molecule has 1 aliphatic carbocycles. The lowest BCUT2D eigenvalue weighted by Gasteiger charge is -2.37. The van der Waals surface area contributed by atoms with Gasteiger partial charge in [0.15, 0.2) is 0 Å². The lowest BCUT2D eigenvalue weighted by Crippen LogP contribution is -2.36. The van der Waals surface area contributed by atoms with Crippen LogP contribution in [-0.4, -0.2) is 23.4 Å². The van der Waals surface area contributed by atoms with E-state index in [1.165, 1.54) is 19.3 Å². The summed E-state index contributed by atoms with van der Waals surface area (Å²) in [5.41, 5.74) is 0.418. The Morgan fingerprint density at radius 1 is 1.42 bits per heavy atom. The van der Waals surface area contributed by atoms with E-state index in [9.17, 15) is 4.79 Å². The van der Waals surface area contributed by atoms with E-state index < -0.39 is 0 Å². The Balaban J connectivity index is 2.07. The molecule has 2 nitrogen and oxygen atoms in total. The lowest BCUT2D eigenvalue weighted by atomic mass is 9.68. The van der Waals surface area contributed by atoms with E-state index in [2.05, 4.69) is 13.8 Å². The van der Waals surface area contributed by atoms with Gasteiger partial charge in [-0.2, -0.15) is 0 Å². The fourth-order valence-electron chi connectivity index (χ4n) is 2.41. The summed E-state index contributed by atoms with van der Waals surface area (Å²) in [4.78, 5) is 13.6. The minimum atomic E-state index is 0.379. The first-order valence-electron chi connectivity index (χ1n) is 4.92. The van der Waals surface area contributed by atoms with Crippen LogP contribution in [0.15, 0.2) is 0 Å². The third kappa shape index (κ3) is 1.05. The Kier molecular flexibility index (Phi) is 1.67. The van der Waals surface area contributed by atoms with Crippen molar-refractivity contribution < 1.29 is 4.79 Å². The maximum atomic E-state index is 11.6. The number of nitrogens with zero attached hydrogens (tertiary/aromatic N) is 1. The molecule has 0 atom stereocenters. The van der Waals surface area contributed by atoms with Crippen LogP contribution >= 0.6 is 0 Å². The molecule has 68 valence electrons. The molecule has 1 saturated carbocycles. The van der Waals surface area contributed by atoms with Crippen LogP contribution in [-0.2, 0) is 4.79 Å². The standard InChI is InChI=1S/C10H17NO/c1-8(2)11-7-10(4-3-5-10)6-9(11)12/h8H,3-7H2,1-2H3. The molecule has 0 bridgehead atoms. The molecule has 1 heterocycles. The fraction of sp³-hybridized carbons (Fsp3) is 0.900. The van der Waals surface area contributed by atoms with Crippen LogP contribution in [0.25, 0.3) is 0 Å². The molecule has 0 aromatic carbocycles. The molecule has 2 rings (SSSR count). The van der Waals surface area contributed by atoms with Crippen molar-refractivity contribution in [3.05, 3.63) is 0 Å². The minimum Gasteiger partial charge on any atom is -0.340 e. The van der Waals surface area contributed by atoms with Crippen LogP contribution in [0, 0.1) is 5.41 Å². The molecule has 2 fully saturated rings. The summed E-state index contributed by atoms with van der Waals surface area (Å²) in [7, 11) is 0. The number of hydrogen-bond donors (Lipinski definition) is 0. The largest absolute Gasteiger partial charge is 0.340 e.